The van der Waals surface area contributed by atoms with Crippen molar-refractivity contribution in [2.75, 3.05) is 18.0 Å². The van der Waals surface area contributed by atoms with Gasteiger partial charge < -0.3 is 13.9 Å². The van der Waals surface area contributed by atoms with Gasteiger partial charge in [-0.05, 0) is 18.0 Å². The van der Waals surface area contributed by atoms with Crippen LogP contribution in [-0.4, -0.2) is 28.4 Å². The van der Waals surface area contributed by atoms with Gasteiger partial charge in [0, 0.05) is 24.6 Å². The molecular weight excluding hydrogens is 244 g/mol. The summed E-state index contributed by atoms with van der Waals surface area (Å²) in [5.74, 6) is 1.56. The molecule has 2 aromatic rings. The number of nitrogens with zero attached hydrogens (tertiary/aromatic N) is 4. The van der Waals surface area contributed by atoms with E-state index in [9.17, 15) is 0 Å². The molecule has 19 heavy (non-hydrogen) atoms. The summed E-state index contributed by atoms with van der Waals surface area (Å²) in [4.78, 5) is 6.49. The van der Waals surface area contributed by atoms with Crippen molar-refractivity contribution in [2.24, 2.45) is 0 Å². The fraction of sp³-hybridized carbons (Fsp3) is 0.615. The van der Waals surface area contributed by atoms with Crippen LogP contribution in [0.1, 0.15) is 39.3 Å². The molecule has 6 heteroatoms. The average molecular weight is 262 g/mol. The van der Waals surface area contributed by atoms with Gasteiger partial charge in [-0.25, -0.2) is 0 Å². The average Bonchev–Trinajstić information content (AvgIpc) is 3.10. The Bertz CT molecular complexity index is 561. The molecule has 102 valence electrons. The Labute approximate surface area is 111 Å². The monoisotopic (exact) mass is 262 g/mol. The van der Waals surface area contributed by atoms with Crippen molar-refractivity contribution in [3.05, 3.63) is 11.8 Å². The van der Waals surface area contributed by atoms with Crippen LogP contribution in [0.15, 0.2) is 15.1 Å². The van der Waals surface area contributed by atoms with Crippen LogP contribution in [0, 0.1) is 0 Å². The Morgan fingerprint density at radius 1 is 1.11 bits per heavy atom. The highest BCUT2D eigenvalue weighted by atomic mass is 16.5. The zero-order chi connectivity index (χ0) is 13.5. The van der Waals surface area contributed by atoms with Crippen molar-refractivity contribution in [1.82, 2.24) is 15.3 Å². The molecule has 0 spiro atoms. The minimum atomic E-state index is -0.0560. The van der Waals surface area contributed by atoms with Gasteiger partial charge in [-0.15, -0.1) is 0 Å². The van der Waals surface area contributed by atoms with Gasteiger partial charge in [0.2, 0.25) is 5.76 Å². The van der Waals surface area contributed by atoms with E-state index in [1.807, 2.05) is 6.07 Å². The molecule has 0 atom stereocenters. The van der Waals surface area contributed by atoms with Crippen LogP contribution < -0.4 is 4.90 Å². The van der Waals surface area contributed by atoms with Crippen molar-refractivity contribution in [2.45, 2.75) is 39.0 Å². The van der Waals surface area contributed by atoms with Crippen molar-refractivity contribution in [3.63, 3.8) is 0 Å². The molecule has 6 nitrogen and oxygen atoms in total. The van der Waals surface area contributed by atoms with E-state index in [0.29, 0.717) is 17.6 Å². The molecule has 0 radical (unpaired) electrons. The molecule has 0 N–H and O–H groups in total. The summed E-state index contributed by atoms with van der Waals surface area (Å²) in [6.45, 7) is 8.22. The number of rotatable bonds is 2. The lowest BCUT2D eigenvalue weighted by molar-refractivity contribution is 0.373. The van der Waals surface area contributed by atoms with E-state index in [1.54, 1.807) is 0 Å². The summed E-state index contributed by atoms with van der Waals surface area (Å²) >= 11 is 0. The second kappa shape index (κ2) is 4.36. The Hall–Kier alpha value is -1.85. The predicted octanol–water partition coefficient (Wildman–Crippen LogP) is 2.62. The number of anilines is 1. The molecule has 0 saturated carbocycles. The standard InChI is InChI=1S/C13H18N4O2/c1-13(2,3)10-8-9(18-15-10)11-14-12(16-19-11)17-6-4-5-7-17/h8H,4-7H2,1-3H3. The lowest BCUT2D eigenvalue weighted by Gasteiger charge is -2.12. The third kappa shape index (κ3) is 2.34. The highest BCUT2D eigenvalue weighted by Gasteiger charge is 2.23. The van der Waals surface area contributed by atoms with Crippen molar-refractivity contribution >= 4 is 5.95 Å². The van der Waals surface area contributed by atoms with Crippen molar-refractivity contribution < 1.29 is 9.05 Å². The molecule has 3 heterocycles. The van der Waals surface area contributed by atoms with Gasteiger partial charge in [0.05, 0.1) is 5.69 Å². The molecule has 2 aromatic heterocycles. The van der Waals surface area contributed by atoms with Crippen LogP contribution in [-0.2, 0) is 5.41 Å². The van der Waals surface area contributed by atoms with Crippen molar-refractivity contribution in [1.29, 1.82) is 0 Å². The number of hydrogen-bond donors (Lipinski definition) is 0. The highest BCUT2D eigenvalue weighted by molar-refractivity contribution is 5.47. The molecule has 3 rings (SSSR count). The predicted molar refractivity (Wildman–Crippen MR) is 69.9 cm³/mol. The van der Waals surface area contributed by atoms with Crippen molar-refractivity contribution in [3.8, 4) is 11.7 Å². The molecule has 1 saturated heterocycles. The molecule has 1 aliphatic heterocycles. The first kappa shape index (κ1) is 12.2. The first-order valence-electron chi connectivity index (χ1n) is 6.60. The number of hydrogen-bond acceptors (Lipinski definition) is 6. The fourth-order valence-corrected chi connectivity index (χ4v) is 2.09. The SMILES string of the molecule is CC(C)(C)c1cc(-c2nc(N3CCCC3)no2)on1. The van der Waals surface area contributed by atoms with Crippen LogP contribution in [0.2, 0.25) is 0 Å². The summed E-state index contributed by atoms with van der Waals surface area (Å²) in [5, 5.41) is 8.05. The maximum absolute atomic E-state index is 5.29. The minimum Gasteiger partial charge on any atom is -0.351 e. The molecule has 0 bridgehead atoms. The first-order valence-corrected chi connectivity index (χ1v) is 6.60. The summed E-state index contributed by atoms with van der Waals surface area (Å²) in [7, 11) is 0. The van der Waals surface area contributed by atoms with Crippen LogP contribution in [0.4, 0.5) is 5.95 Å². The van der Waals surface area contributed by atoms with E-state index in [4.69, 9.17) is 9.05 Å². The van der Waals surface area contributed by atoms with E-state index in [2.05, 4.69) is 41.0 Å². The Morgan fingerprint density at radius 3 is 2.47 bits per heavy atom. The van der Waals surface area contributed by atoms with E-state index in [1.165, 1.54) is 12.8 Å². The lowest BCUT2D eigenvalue weighted by Crippen LogP contribution is -2.18. The Balaban J connectivity index is 1.84. The Morgan fingerprint density at radius 2 is 1.84 bits per heavy atom. The zero-order valence-electron chi connectivity index (χ0n) is 11.5. The summed E-state index contributed by atoms with van der Waals surface area (Å²) < 4.78 is 10.5. The van der Waals surface area contributed by atoms with Crippen LogP contribution >= 0.6 is 0 Å². The first-order chi connectivity index (χ1) is 9.04. The van der Waals surface area contributed by atoms with Gasteiger partial charge in [-0.3, -0.25) is 0 Å². The third-order valence-electron chi connectivity index (χ3n) is 3.29. The zero-order valence-corrected chi connectivity index (χ0v) is 11.5. The van der Waals surface area contributed by atoms with Crippen LogP contribution in [0.25, 0.3) is 11.7 Å². The van der Waals surface area contributed by atoms with Gasteiger partial charge in [0.1, 0.15) is 0 Å². The second-order valence-corrected chi connectivity index (χ2v) is 5.92. The van der Waals surface area contributed by atoms with Gasteiger partial charge in [0.25, 0.3) is 11.8 Å². The lowest BCUT2D eigenvalue weighted by atomic mass is 9.92. The van der Waals surface area contributed by atoms with Gasteiger partial charge >= 0.3 is 0 Å². The molecule has 1 fully saturated rings. The largest absolute Gasteiger partial charge is 0.351 e. The second-order valence-electron chi connectivity index (χ2n) is 5.92. The van der Waals surface area contributed by atoms with Crippen LogP contribution in [0.3, 0.4) is 0 Å². The quantitative estimate of drug-likeness (QED) is 0.828. The molecule has 0 aromatic carbocycles. The third-order valence-corrected chi connectivity index (χ3v) is 3.29. The minimum absolute atomic E-state index is 0.0560. The maximum Gasteiger partial charge on any atom is 0.298 e. The summed E-state index contributed by atoms with van der Waals surface area (Å²) in [6, 6.07) is 1.86. The maximum atomic E-state index is 5.29. The van der Waals surface area contributed by atoms with E-state index in [0.717, 1.165) is 18.8 Å². The number of aromatic nitrogens is 3. The molecule has 0 amide bonds. The summed E-state index contributed by atoms with van der Waals surface area (Å²) in [5.41, 5.74) is 0.822. The van der Waals surface area contributed by atoms with Gasteiger partial charge in [0.15, 0.2) is 0 Å². The van der Waals surface area contributed by atoms with E-state index < -0.39 is 0 Å². The fourth-order valence-electron chi connectivity index (χ4n) is 2.09. The van der Waals surface area contributed by atoms with Crippen LogP contribution in [0.5, 0.6) is 0 Å². The smallest absolute Gasteiger partial charge is 0.298 e. The topological polar surface area (TPSA) is 68.2 Å². The molecule has 1 aliphatic rings. The Kier molecular flexibility index (Phi) is 2.80. The molecular formula is C13H18N4O2. The summed E-state index contributed by atoms with van der Waals surface area (Å²) in [6.07, 6.45) is 2.36. The van der Waals surface area contributed by atoms with E-state index in [-0.39, 0.29) is 5.41 Å². The van der Waals surface area contributed by atoms with Gasteiger partial charge in [-0.2, -0.15) is 4.98 Å². The molecule has 0 unspecified atom stereocenters. The van der Waals surface area contributed by atoms with Gasteiger partial charge in [-0.1, -0.05) is 25.9 Å². The van der Waals surface area contributed by atoms with E-state index >= 15 is 0 Å². The molecule has 0 aliphatic carbocycles. The highest BCUT2D eigenvalue weighted by Crippen LogP contribution is 2.27. The normalized spacial score (nSPS) is 16.3.